The van der Waals surface area contributed by atoms with E-state index in [1.165, 1.54) is 64.0 Å². The molecule has 0 aliphatic heterocycles. The van der Waals surface area contributed by atoms with Crippen LogP contribution in [0.3, 0.4) is 0 Å². The minimum atomic E-state index is -2.04. The maximum absolute atomic E-state index is 11.9. The lowest BCUT2D eigenvalue weighted by Gasteiger charge is -2.32. The van der Waals surface area contributed by atoms with Crippen molar-refractivity contribution < 1.29 is 24.5 Å². The Hall–Kier alpha value is -1.20. The highest BCUT2D eigenvalue weighted by atomic mass is 16.6. The van der Waals surface area contributed by atoms with Gasteiger partial charge in [0, 0.05) is 6.92 Å². The van der Waals surface area contributed by atoms with Crippen molar-refractivity contribution in [1.82, 2.24) is 0 Å². The van der Waals surface area contributed by atoms with Crippen LogP contribution in [0.5, 0.6) is 0 Å². The van der Waals surface area contributed by atoms with E-state index in [9.17, 15) is 19.8 Å². The van der Waals surface area contributed by atoms with E-state index < -0.39 is 29.6 Å². The summed E-state index contributed by atoms with van der Waals surface area (Å²) in [6.07, 6.45) is 12.2. The van der Waals surface area contributed by atoms with Crippen LogP contribution >= 0.6 is 0 Å². The molecular formula is C20H34O5. The number of carbonyl (C=O) groups is 2. The second kappa shape index (κ2) is 11.4. The molecule has 1 rings (SSSR count). The Bertz CT molecular complexity index is 445. The maximum Gasteiger partial charge on any atom is 0.303 e. The third-order valence-corrected chi connectivity index (χ3v) is 4.88. The van der Waals surface area contributed by atoms with Crippen LogP contribution in [0.25, 0.3) is 0 Å². The van der Waals surface area contributed by atoms with Crippen molar-refractivity contribution in [2.24, 2.45) is 0 Å². The van der Waals surface area contributed by atoms with Crippen LogP contribution in [0, 0.1) is 0 Å². The average Bonchev–Trinajstić information content (AvgIpc) is 2.85. The molecule has 144 valence electrons. The standard InChI is InChI=1S/C20H34O5/c1-3-4-5-6-7-8-9-10-11-12-13-17(22)20(24)18(23)14-15-19(20)25-16(2)21/h14-15,17,19,22,24H,3-13H2,1-2H3/t17-,19-,20-/m0/s1. The van der Waals surface area contributed by atoms with Gasteiger partial charge in [0.15, 0.2) is 17.5 Å². The molecule has 0 aromatic heterocycles. The SMILES string of the molecule is CCCCCCCCCCCC[C@H](O)[C@]1(O)C(=O)C=C[C@@H]1OC(C)=O. The van der Waals surface area contributed by atoms with Gasteiger partial charge in [-0.05, 0) is 18.6 Å². The second-order valence-electron chi connectivity index (χ2n) is 7.07. The molecule has 0 bridgehead atoms. The van der Waals surface area contributed by atoms with Gasteiger partial charge < -0.3 is 14.9 Å². The minimum Gasteiger partial charge on any atom is -0.455 e. The zero-order valence-corrected chi connectivity index (χ0v) is 15.7. The first kappa shape index (κ1) is 21.8. The molecule has 0 aromatic rings. The van der Waals surface area contributed by atoms with E-state index in [4.69, 9.17) is 4.74 Å². The molecule has 1 aliphatic carbocycles. The van der Waals surface area contributed by atoms with Gasteiger partial charge in [-0.3, -0.25) is 9.59 Å². The quantitative estimate of drug-likeness (QED) is 0.391. The summed E-state index contributed by atoms with van der Waals surface area (Å²) in [5.74, 6) is -1.19. The molecule has 0 unspecified atom stereocenters. The number of aliphatic hydroxyl groups excluding tert-OH is 1. The molecule has 0 heterocycles. The minimum absolute atomic E-state index is 0.318. The molecular weight excluding hydrogens is 320 g/mol. The van der Waals surface area contributed by atoms with Crippen LogP contribution in [0.1, 0.15) is 84.5 Å². The number of hydrogen-bond donors (Lipinski definition) is 2. The molecule has 25 heavy (non-hydrogen) atoms. The molecule has 0 amide bonds. The number of carbonyl (C=O) groups excluding carboxylic acids is 2. The molecule has 0 saturated carbocycles. The van der Waals surface area contributed by atoms with E-state index in [0.717, 1.165) is 19.3 Å². The average molecular weight is 354 g/mol. The maximum atomic E-state index is 11.9. The smallest absolute Gasteiger partial charge is 0.303 e. The van der Waals surface area contributed by atoms with Crippen LogP contribution in [0.15, 0.2) is 12.2 Å². The van der Waals surface area contributed by atoms with Gasteiger partial charge in [-0.1, -0.05) is 71.1 Å². The van der Waals surface area contributed by atoms with E-state index in [-0.39, 0.29) is 0 Å². The van der Waals surface area contributed by atoms with Crippen molar-refractivity contribution in [2.75, 3.05) is 0 Å². The highest BCUT2D eigenvalue weighted by molar-refractivity contribution is 6.01. The summed E-state index contributed by atoms with van der Waals surface area (Å²) in [5, 5.41) is 20.8. The highest BCUT2D eigenvalue weighted by Crippen LogP contribution is 2.30. The van der Waals surface area contributed by atoms with E-state index in [0.29, 0.717) is 6.42 Å². The fourth-order valence-electron chi connectivity index (χ4n) is 3.30. The van der Waals surface area contributed by atoms with Crippen LogP contribution in [-0.4, -0.2) is 39.8 Å². The molecule has 0 radical (unpaired) electrons. The van der Waals surface area contributed by atoms with Gasteiger partial charge in [-0.25, -0.2) is 0 Å². The number of ketones is 1. The largest absolute Gasteiger partial charge is 0.455 e. The molecule has 5 nitrogen and oxygen atoms in total. The number of unbranched alkanes of at least 4 members (excludes halogenated alkanes) is 9. The zero-order chi connectivity index (χ0) is 18.7. The van der Waals surface area contributed by atoms with Crippen LogP contribution in [0.4, 0.5) is 0 Å². The molecule has 3 atom stereocenters. The van der Waals surface area contributed by atoms with Crippen LogP contribution < -0.4 is 0 Å². The Balaban J connectivity index is 2.21. The Kier molecular flexibility index (Phi) is 9.98. The number of hydrogen-bond acceptors (Lipinski definition) is 5. The lowest BCUT2D eigenvalue weighted by molar-refractivity contribution is -0.174. The van der Waals surface area contributed by atoms with Crippen LogP contribution in [-0.2, 0) is 14.3 Å². The zero-order valence-electron chi connectivity index (χ0n) is 15.7. The van der Waals surface area contributed by atoms with Crippen molar-refractivity contribution in [1.29, 1.82) is 0 Å². The summed E-state index contributed by atoms with van der Waals surface area (Å²) >= 11 is 0. The first-order chi connectivity index (χ1) is 11.9. The summed E-state index contributed by atoms with van der Waals surface area (Å²) in [4.78, 5) is 23.0. The van der Waals surface area contributed by atoms with Gasteiger partial charge >= 0.3 is 5.97 Å². The summed E-state index contributed by atoms with van der Waals surface area (Å²) in [6.45, 7) is 3.43. The van der Waals surface area contributed by atoms with Gasteiger partial charge in [0.05, 0.1) is 6.10 Å². The first-order valence-corrected chi connectivity index (χ1v) is 9.73. The first-order valence-electron chi connectivity index (χ1n) is 9.73. The van der Waals surface area contributed by atoms with E-state index in [2.05, 4.69) is 6.92 Å². The normalized spacial score (nSPS) is 23.8. The summed E-state index contributed by atoms with van der Waals surface area (Å²) in [6, 6.07) is 0. The third kappa shape index (κ3) is 6.90. The fraction of sp³-hybridized carbons (Fsp3) is 0.800. The highest BCUT2D eigenvalue weighted by Gasteiger charge is 2.52. The van der Waals surface area contributed by atoms with E-state index in [1.54, 1.807) is 0 Å². The Labute approximate surface area is 151 Å². The molecule has 0 aromatic carbocycles. The van der Waals surface area contributed by atoms with Crippen molar-refractivity contribution in [3.05, 3.63) is 12.2 Å². The van der Waals surface area contributed by atoms with Crippen LogP contribution in [0.2, 0.25) is 0 Å². The lowest BCUT2D eigenvalue weighted by Crippen LogP contribution is -2.55. The molecule has 0 spiro atoms. The Morgan fingerprint density at radius 2 is 1.64 bits per heavy atom. The van der Waals surface area contributed by atoms with Crippen molar-refractivity contribution in [3.63, 3.8) is 0 Å². The molecule has 1 aliphatic rings. The van der Waals surface area contributed by atoms with Gasteiger partial charge in [0.2, 0.25) is 0 Å². The number of esters is 1. The molecule has 0 saturated heterocycles. The van der Waals surface area contributed by atoms with Gasteiger partial charge in [0.25, 0.3) is 0 Å². The van der Waals surface area contributed by atoms with E-state index in [1.807, 2.05) is 0 Å². The van der Waals surface area contributed by atoms with Crippen molar-refractivity contribution >= 4 is 11.8 Å². The number of ether oxygens (including phenoxy) is 1. The van der Waals surface area contributed by atoms with Gasteiger partial charge in [-0.2, -0.15) is 0 Å². The van der Waals surface area contributed by atoms with Crippen molar-refractivity contribution in [3.8, 4) is 0 Å². The van der Waals surface area contributed by atoms with Gasteiger partial charge in [-0.15, -0.1) is 0 Å². The summed E-state index contributed by atoms with van der Waals surface area (Å²) in [5.41, 5.74) is -2.04. The number of rotatable bonds is 13. The monoisotopic (exact) mass is 354 g/mol. The molecule has 0 fully saturated rings. The van der Waals surface area contributed by atoms with Gasteiger partial charge in [0.1, 0.15) is 0 Å². The number of aliphatic hydroxyl groups is 2. The predicted octanol–water partition coefficient (Wildman–Crippen LogP) is 3.46. The Morgan fingerprint density at radius 1 is 1.12 bits per heavy atom. The fourth-order valence-corrected chi connectivity index (χ4v) is 3.30. The molecule has 5 heteroatoms. The second-order valence-corrected chi connectivity index (χ2v) is 7.07. The predicted molar refractivity (Wildman–Crippen MR) is 97.1 cm³/mol. The Morgan fingerprint density at radius 3 is 2.16 bits per heavy atom. The summed E-state index contributed by atoms with van der Waals surface area (Å²) < 4.78 is 4.96. The lowest BCUT2D eigenvalue weighted by atomic mass is 9.87. The van der Waals surface area contributed by atoms with E-state index >= 15 is 0 Å². The molecule has 2 N–H and O–H groups in total. The topological polar surface area (TPSA) is 83.8 Å². The van der Waals surface area contributed by atoms with Crippen molar-refractivity contribution in [2.45, 2.75) is 102 Å². The summed E-state index contributed by atoms with van der Waals surface area (Å²) in [7, 11) is 0. The third-order valence-electron chi connectivity index (χ3n) is 4.88.